The van der Waals surface area contributed by atoms with Crippen LogP contribution in [-0.2, 0) is 9.59 Å². The normalized spacial score (nSPS) is 18.3. The van der Waals surface area contributed by atoms with Gasteiger partial charge in [0.25, 0.3) is 0 Å². The van der Waals surface area contributed by atoms with Gasteiger partial charge in [0.1, 0.15) is 0 Å². The highest BCUT2D eigenvalue weighted by atomic mass is 16.2. The fourth-order valence-electron chi connectivity index (χ4n) is 0.798. The van der Waals surface area contributed by atoms with Gasteiger partial charge in [-0.1, -0.05) is 0 Å². The molecule has 54 valence electrons. The van der Waals surface area contributed by atoms with Crippen LogP contribution in [0.3, 0.4) is 0 Å². The average molecular weight is 139 g/mol. The summed E-state index contributed by atoms with van der Waals surface area (Å²) in [5.41, 5.74) is 0. The van der Waals surface area contributed by atoms with Gasteiger partial charge in [0.2, 0.25) is 11.6 Å². The summed E-state index contributed by atoms with van der Waals surface area (Å²) in [6, 6.07) is 0. The molecule has 3 heteroatoms. The molecule has 0 saturated heterocycles. The predicted octanol–water partition coefficient (Wildman–Crippen LogP) is -0.0262. The molecule has 3 nitrogen and oxygen atoms in total. The molecule has 1 heterocycles. The molecule has 0 fully saturated rings. The minimum Gasteiger partial charge on any atom is -0.370 e. The van der Waals surface area contributed by atoms with E-state index in [-0.39, 0.29) is 18.1 Å². The van der Waals surface area contributed by atoms with Crippen molar-refractivity contribution in [2.24, 2.45) is 0 Å². The van der Waals surface area contributed by atoms with Crippen LogP contribution in [0.15, 0.2) is 12.3 Å². The fraction of sp³-hybridized carbons (Fsp3) is 0.429. The van der Waals surface area contributed by atoms with Crippen molar-refractivity contribution >= 4 is 11.6 Å². The highest BCUT2D eigenvalue weighted by Gasteiger charge is 2.16. The summed E-state index contributed by atoms with van der Waals surface area (Å²) >= 11 is 0. The Morgan fingerprint density at radius 2 is 2.30 bits per heavy atom. The smallest absolute Gasteiger partial charge is 0.224 e. The maximum absolute atomic E-state index is 10.7. The Bertz CT molecular complexity index is 196. The molecule has 0 aliphatic carbocycles. The van der Waals surface area contributed by atoms with Gasteiger partial charge >= 0.3 is 0 Å². The first-order valence-corrected chi connectivity index (χ1v) is 3.23. The van der Waals surface area contributed by atoms with E-state index in [0.29, 0.717) is 0 Å². The van der Waals surface area contributed by atoms with Crippen LogP contribution >= 0.6 is 0 Å². The third-order valence-corrected chi connectivity index (χ3v) is 1.46. The van der Waals surface area contributed by atoms with Crippen molar-refractivity contribution in [2.75, 3.05) is 13.1 Å². The Kier molecular flexibility index (Phi) is 1.85. The number of likely N-dealkylation sites (N-methyl/N-ethyl adjacent to an activating group) is 1. The molecule has 1 aliphatic rings. The lowest BCUT2D eigenvalue weighted by Gasteiger charge is -2.18. The Morgan fingerprint density at radius 1 is 1.60 bits per heavy atom. The largest absolute Gasteiger partial charge is 0.370 e. The molecule has 0 radical (unpaired) electrons. The third-order valence-electron chi connectivity index (χ3n) is 1.46. The summed E-state index contributed by atoms with van der Waals surface area (Å²) in [5, 5.41) is 0. The van der Waals surface area contributed by atoms with E-state index in [2.05, 4.69) is 0 Å². The summed E-state index contributed by atoms with van der Waals surface area (Å²) in [5.74, 6) is -0.700. The van der Waals surface area contributed by atoms with Crippen LogP contribution in [-0.4, -0.2) is 29.6 Å². The molecule has 0 spiro atoms. The molecule has 0 aromatic rings. The number of carbonyl (C=O) groups is 2. The van der Waals surface area contributed by atoms with Gasteiger partial charge in [-0.2, -0.15) is 0 Å². The first-order valence-electron chi connectivity index (χ1n) is 3.23. The molecule has 0 aromatic heterocycles. The number of ketones is 2. The molecule has 0 atom stereocenters. The lowest BCUT2D eigenvalue weighted by Crippen LogP contribution is -2.33. The predicted molar refractivity (Wildman–Crippen MR) is 36.4 cm³/mol. The summed E-state index contributed by atoms with van der Waals surface area (Å²) in [6.07, 6.45) is 2.97. The van der Waals surface area contributed by atoms with E-state index in [4.69, 9.17) is 0 Å². The minimum atomic E-state index is -0.385. The van der Waals surface area contributed by atoms with Crippen molar-refractivity contribution in [1.82, 2.24) is 4.90 Å². The van der Waals surface area contributed by atoms with Gasteiger partial charge in [0.15, 0.2) is 0 Å². The summed E-state index contributed by atoms with van der Waals surface area (Å²) < 4.78 is 0. The van der Waals surface area contributed by atoms with Crippen LogP contribution in [0.1, 0.15) is 6.92 Å². The van der Waals surface area contributed by atoms with Crippen LogP contribution < -0.4 is 0 Å². The quantitative estimate of drug-likeness (QED) is 0.479. The molecule has 1 rings (SSSR count). The topological polar surface area (TPSA) is 37.4 Å². The second-order valence-corrected chi connectivity index (χ2v) is 2.17. The first kappa shape index (κ1) is 6.99. The van der Waals surface area contributed by atoms with Crippen LogP contribution in [0, 0.1) is 0 Å². The lowest BCUT2D eigenvalue weighted by atomic mass is 10.2. The van der Waals surface area contributed by atoms with Crippen molar-refractivity contribution in [3.05, 3.63) is 12.3 Å². The molecule has 0 unspecified atom stereocenters. The highest BCUT2D eigenvalue weighted by Crippen LogP contribution is 1.97. The molecule has 10 heavy (non-hydrogen) atoms. The number of hydrogen-bond donors (Lipinski definition) is 0. The molecular formula is C7H9NO2. The number of carbonyl (C=O) groups excluding carboxylic acids is 2. The van der Waals surface area contributed by atoms with Crippen LogP contribution in [0.5, 0.6) is 0 Å². The van der Waals surface area contributed by atoms with E-state index in [1.807, 2.05) is 6.92 Å². The number of Topliss-reactive ketones (excluding diaryl/α,β-unsaturated/α-hetero) is 1. The Morgan fingerprint density at radius 3 is 2.80 bits per heavy atom. The van der Waals surface area contributed by atoms with Crippen LogP contribution in [0.25, 0.3) is 0 Å². The van der Waals surface area contributed by atoms with Crippen molar-refractivity contribution in [1.29, 1.82) is 0 Å². The summed E-state index contributed by atoms with van der Waals surface area (Å²) in [4.78, 5) is 23.1. The first-order chi connectivity index (χ1) is 4.74. The number of rotatable bonds is 1. The van der Waals surface area contributed by atoms with Crippen molar-refractivity contribution in [3.8, 4) is 0 Å². The van der Waals surface area contributed by atoms with Gasteiger partial charge in [-0.05, 0) is 6.92 Å². The van der Waals surface area contributed by atoms with Crippen LogP contribution in [0.4, 0.5) is 0 Å². The van der Waals surface area contributed by atoms with E-state index < -0.39 is 0 Å². The Labute approximate surface area is 59.3 Å². The van der Waals surface area contributed by atoms with Gasteiger partial charge in [-0.25, -0.2) is 0 Å². The zero-order valence-electron chi connectivity index (χ0n) is 5.83. The summed E-state index contributed by atoms with van der Waals surface area (Å²) in [6.45, 7) is 2.95. The summed E-state index contributed by atoms with van der Waals surface area (Å²) in [7, 11) is 0. The van der Waals surface area contributed by atoms with Crippen molar-refractivity contribution < 1.29 is 9.59 Å². The lowest BCUT2D eigenvalue weighted by molar-refractivity contribution is -0.134. The van der Waals surface area contributed by atoms with Gasteiger partial charge in [0.05, 0.1) is 6.54 Å². The highest BCUT2D eigenvalue weighted by molar-refractivity contribution is 6.42. The number of hydrogen-bond acceptors (Lipinski definition) is 3. The SMILES string of the molecule is CCN1C=CC(=O)C(=O)C1. The molecule has 0 bridgehead atoms. The molecule has 0 N–H and O–H groups in total. The number of nitrogens with zero attached hydrogens (tertiary/aromatic N) is 1. The molecule has 0 saturated carbocycles. The van der Waals surface area contributed by atoms with E-state index >= 15 is 0 Å². The Hall–Kier alpha value is -1.12. The van der Waals surface area contributed by atoms with E-state index in [0.717, 1.165) is 6.54 Å². The van der Waals surface area contributed by atoms with E-state index in [1.165, 1.54) is 6.08 Å². The zero-order chi connectivity index (χ0) is 7.56. The van der Waals surface area contributed by atoms with Gasteiger partial charge in [-0.15, -0.1) is 0 Å². The standard InChI is InChI=1S/C7H9NO2/c1-2-8-4-3-6(9)7(10)5-8/h3-4H,2,5H2,1H3. The minimum absolute atomic E-state index is 0.242. The number of allylic oxidation sites excluding steroid dienone is 1. The molecular weight excluding hydrogens is 130 g/mol. The molecule has 0 aromatic carbocycles. The van der Waals surface area contributed by atoms with Gasteiger partial charge in [0, 0.05) is 18.8 Å². The fourth-order valence-corrected chi connectivity index (χ4v) is 0.798. The third kappa shape index (κ3) is 1.23. The van der Waals surface area contributed by atoms with E-state index in [9.17, 15) is 9.59 Å². The zero-order valence-corrected chi connectivity index (χ0v) is 5.83. The molecule has 1 aliphatic heterocycles. The van der Waals surface area contributed by atoms with Gasteiger partial charge < -0.3 is 4.90 Å². The second-order valence-electron chi connectivity index (χ2n) is 2.17. The second kappa shape index (κ2) is 2.64. The van der Waals surface area contributed by atoms with Crippen LogP contribution in [0.2, 0.25) is 0 Å². The maximum atomic E-state index is 10.7. The van der Waals surface area contributed by atoms with Crippen molar-refractivity contribution in [3.63, 3.8) is 0 Å². The monoisotopic (exact) mass is 139 g/mol. The van der Waals surface area contributed by atoms with E-state index in [1.54, 1.807) is 11.1 Å². The van der Waals surface area contributed by atoms with Gasteiger partial charge in [-0.3, -0.25) is 9.59 Å². The van der Waals surface area contributed by atoms with Crippen molar-refractivity contribution in [2.45, 2.75) is 6.92 Å². The maximum Gasteiger partial charge on any atom is 0.224 e. The molecule has 0 amide bonds. The average Bonchev–Trinajstić information content (AvgIpc) is 1.95. The Balaban J connectivity index is 2.68.